The molecule has 1 heterocycles. The van der Waals surface area contributed by atoms with Crippen LogP contribution in [0.25, 0.3) is 0 Å². The smallest absolute Gasteiger partial charge is 0.408 e. The Morgan fingerprint density at radius 1 is 1.64 bits per heavy atom. The molecular formula is C6H4ClF3N2O2. The summed E-state index contributed by atoms with van der Waals surface area (Å²) in [6, 6.07) is 0. The highest BCUT2D eigenvalue weighted by molar-refractivity contribution is 6.32. The van der Waals surface area contributed by atoms with Crippen molar-refractivity contribution >= 4 is 17.6 Å². The Bertz CT molecular complexity index is 360. The summed E-state index contributed by atoms with van der Waals surface area (Å²) in [7, 11) is 0. The summed E-state index contributed by atoms with van der Waals surface area (Å²) >= 11 is 5.35. The van der Waals surface area contributed by atoms with E-state index in [4.69, 9.17) is 16.7 Å². The number of carboxylic acid groups (broad SMARTS) is 1. The quantitative estimate of drug-likeness (QED) is 0.840. The molecule has 0 aromatic carbocycles. The molecule has 0 aliphatic heterocycles. The lowest BCUT2D eigenvalue weighted by molar-refractivity contribution is -0.142. The molecule has 0 fully saturated rings. The highest BCUT2D eigenvalue weighted by Crippen LogP contribution is 2.22. The molecule has 1 N–H and O–H groups in total. The first-order valence-electron chi connectivity index (χ1n) is 3.32. The molecule has 78 valence electrons. The first-order chi connectivity index (χ1) is 6.31. The molecule has 0 amide bonds. The molecule has 0 aliphatic carbocycles. The topological polar surface area (TPSA) is 55.1 Å². The van der Waals surface area contributed by atoms with Crippen LogP contribution in [0.5, 0.6) is 0 Å². The maximum Gasteiger partial charge on any atom is 0.408 e. The molecular weight excluding hydrogens is 225 g/mol. The van der Waals surface area contributed by atoms with Crippen LogP contribution in [0, 0.1) is 0 Å². The highest BCUT2D eigenvalue weighted by atomic mass is 35.5. The predicted octanol–water partition coefficient (Wildman–Crippen LogP) is 1.80. The fourth-order valence-corrected chi connectivity index (χ4v) is 1.03. The van der Waals surface area contributed by atoms with Crippen molar-refractivity contribution in [2.45, 2.75) is 12.7 Å². The van der Waals surface area contributed by atoms with E-state index in [1.54, 1.807) is 0 Å². The second-order valence-corrected chi connectivity index (χ2v) is 2.79. The summed E-state index contributed by atoms with van der Waals surface area (Å²) in [5.41, 5.74) is -0.448. The van der Waals surface area contributed by atoms with Crippen LogP contribution in [0.15, 0.2) is 6.20 Å². The number of carbonyl (C=O) groups is 1. The van der Waals surface area contributed by atoms with Gasteiger partial charge in [-0.1, -0.05) is 11.6 Å². The average molecular weight is 229 g/mol. The second-order valence-electron chi connectivity index (χ2n) is 2.43. The highest BCUT2D eigenvalue weighted by Gasteiger charge is 2.30. The molecule has 14 heavy (non-hydrogen) atoms. The van der Waals surface area contributed by atoms with Gasteiger partial charge in [-0.15, -0.1) is 0 Å². The van der Waals surface area contributed by atoms with Gasteiger partial charge >= 0.3 is 12.1 Å². The standard InChI is InChI=1S/C6H4ClF3N2O2/c7-4-3(5(13)14)1-11-12(4)2-6(8,9)10/h1H,2H2,(H,13,14). The zero-order valence-electron chi connectivity index (χ0n) is 6.55. The van der Waals surface area contributed by atoms with Crippen molar-refractivity contribution in [3.63, 3.8) is 0 Å². The summed E-state index contributed by atoms with van der Waals surface area (Å²) in [5, 5.41) is 11.1. The van der Waals surface area contributed by atoms with Gasteiger partial charge in [0.25, 0.3) is 0 Å². The first kappa shape index (κ1) is 10.8. The Morgan fingerprint density at radius 3 is 2.57 bits per heavy atom. The maximum atomic E-state index is 11.9. The van der Waals surface area contributed by atoms with Crippen molar-refractivity contribution in [3.05, 3.63) is 16.9 Å². The fourth-order valence-electron chi connectivity index (χ4n) is 0.794. The number of rotatable bonds is 2. The molecule has 0 unspecified atom stereocenters. The molecule has 1 rings (SSSR count). The van der Waals surface area contributed by atoms with Gasteiger partial charge in [-0.25, -0.2) is 9.48 Å². The molecule has 8 heteroatoms. The molecule has 1 aromatic heterocycles. The number of hydrogen-bond donors (Lipinski definition) is 1. The molecule has 0 saturated carbocycles. The van der Waals surface area contributed by atoms with E-state index in [2.05, 4.69) is 5.10 Å². The van der Waals surface area contributed by atoms with E-state index in [9.17, 15) is 18.0 Å². The number of nitrogens with zero attached hydrogens (tertiary/aromatic N) is 2. The van der Waals surface area contributed by atoms with Crippen molar-refractivity contribution in [3.8, 4) is 0 Å². The second kappa shape index (κ2) is 3.49. The zero-order chi connectivity index (χ0) is 10.9. The van der Waals surface area contributed by atoms with Crippen molar-refractivity contribution in [1.82, 2.24) is 9.78 Å². The normalized spacial score (nSPS) is 11.7. The van der Waals surface area contributed by atoms with Gasteiger partial charge in [-0.2, -0.15) is 18.3 Å². The number of alkyl halides is 3. The van der Waals surface area contributed by atoms with Crippen molar-refractivity contribution in [2.75, 3.05) is 0 Å². The van der Waals surface area contributed by atoms with Gasteiger partial charge in [0.15, 0.2) is 0 Å². The molecule has 0 aliphatic rings. The molecule has 0 saturated heterocycles. The van der Waals surface area contributed by atoms with E-state index in [0.29, 0.717) is 4.68 Å². The van der Waals surface area contributed by atoms with Gasteiger partial charge in [0.1, 0.15) is 17.3 Å². The summed E-state index contributed by atoms with van der Waals surface area (Å²) in [5.74, 6) is -1.41. The van der Waals surface area contributed by atoms with E-state index in [0.717, 1.165) is 6.20 Å². The van der Waals surface area contributed by atoms with Gasteiger partial charge in [0, 0.05) is 0 Å². The Kier molecular flexibility index (Phi) is 2.70. The minimum Gasteiger partial charge on any atom is -0.478 e. The maximum absolute atomic E-state index is 11.9. The van der Waals surface area contributed by atoms with Gasteiger partial charge in [-0.05, 0) is 0 Å². The molecule has 1 aromatic rings. The van der Waals surface area contributed by atoms with Gasteiger partial charge in [-0.3, -0.25) is 0 Å². The van der Waals surface area contributed by atoms with Gasteiger partial charge < -0.3 is 5.11 Å². The zero-order valence-corrected chi connectivity index (χ0v) is 7.30. The van der Waals surface area contributed by atoms with Crippen LogP contribution >= 0.6 is 11.6 Å². The van der Waals surface area contributed by atoms with Crippen molar-refractivity contribution < 1.29 is 23.1 Å². The van der Waals surface area contributed by atoms with Gasteiger partial charge in [0.2, 0.25) is 0 Å². The fraction of sp³-hybridized carbons (Fsp3) is 0.333. The van der Waals surface area contributed by atoms with Crippen molar-refractivity contribution in [1.29, 1.82) is 0 Å². The van der Waals surface area contributed by atoms with Crippen LogP contribution in [-0.4, -0.2) is 27.0 Å². The Morgan fingerprint density at radius 2 is 2.21 bits per heavy atom. The first-order valence-corrected chi connectivity index (χ1v) is 3.70. The number of hydrogen-bond acceptors (Lipinski definition) is 2. The van der Waals surface area contributed by atoms with E-state index < -0.39 is 29.4 Å². The molecule has 0 radical (unpaired) electrons. The largest absolute Gasteiger partial charge is 0.478 e. The summed E-state index contributed by atoms with van der Waals surface area (Å²) < 4.78 is 36.0. The summed E-state index contributed by atoms with van der Waals surface area (Å²) in [6.07, 6.45) is -3.71. The third-order valence-electron chi connectivity index (χ3n) is 1.33. The van der Waals surface area contributed by atoms with E-state index >= 15 is 0 Å². The minimum absolute atomic E-state index is 0.380. The lowest BCUT2D eigenvalue weighted by Crippen LogP contribution is -2.18. The van der Waals surface area contributed by atoms with Gasteiger partial charge in [0.05, 0.1) is 6.20 Å². The lowest BCUT2D eigenvalue weighted by Gasteiger charge is -2.06. The van der Waals surface area contributed by atoms with E-state index in [1.807, 2.05) is 0 Å². The summed E-state index contributed by atoms with van der Waals surface area (Å²) in [4.78, 5) is 10.4. The molecule has 0 spiro atoms. The van der Waals surface area contributed by atoms with Crippen LogP contribution in [0.4, 0.5) is 13.2 Å². The summed E-state index contributed by atoms with van der Waals surface area (Å²) in [6.45, 7) is -1.40. The third-order valence-corrected chi connectivity index (χ3v) is 1.73. The Balaban J connectivity index is 2.96. The number of aromatic nitrogens is 2. The average Bonchev–Trinajstić information content (AvgIpc) is 2.29. The van der Waals surface area contributed by atoms with Crippen LogP contribution in [0.2, 0.25) is 5.15 Å². The van der Waals surface area contributed by atoms with Crippen LogP contribution in [-0.2, 0) is 6.54 Å². The SMILES string of the molecule is O=C(O)c1cnn(CC(F)(F)F)c1Cl. The molecule has 0 bridgehead atoms. The Labute approximate surface area is 80.9 Å². The number of aromatic carboxylic acids is 1. The third kappa shape index (κ3) is 2.38. The molecule has 4 nitrogen and oxygen atoms in total. The van der Waals surface area contributed by atoms with Crippen molar-refractivity contribution in [2.24, 2.45) is 0 Å². The van der Waals surface area contributed by atoms with E-state index in [1.165, 1.54) is 0 Å². The minimum atomic E-state index is -4.48. The molecule has 0 atom stereocenters. The van der Waals surface area contributed by atoms with E-state index in [-0.39, 0.29) is 0 Å². The van der Waals surface area contributed by atoms with Crippen LogP contribution in [0.3, 0.4) is 0 Å². The Hall–Kier alpha value is -1.24. The number of carboxylic acids is 1. The predicted molar refractivity (Wildman–Crippen MR) is 40.3 cm³/mol. The lowest BCUT2D eigenvalue weighted by atomic mass is 10.4. The number of halogens is 4. The monoisotopic (exact) mass is 228 g/mol. The van der Waals surface area contributed by atoms with Crippen LogP contribution in [0.1, 0.15) is 10.4 Å². The van der Waals surface area contributed by atoms with Crippen LogP contribution < -0.4 is 0 Å².